The third kappa shape index (κ3) is 4.97. The predicted octanol–water partition coefficient (Wildman–Crippen LogP) is 2.83. The van der Waals surface area contributed by atoms with Crippen LogP contribution in [0.4, 0.5) is 8.78 Å². The molecule has 7 heteroatoms. The number of aromatic nitrogens is 2. The van der Waals surface area contributed by atoms with Gasteiger partial charge in [0.15, 0.2) is 5.69 Å². The number of amides is 1. The Morgan fingerprint density at radius 3 is 2.38 bits per heavy atom. The molecule has 0 saturated heterocycles. The molecule has 0 radical (unpaired) electrons. The number of hydrogen-bond acceptors (Lipinski definition) is 4. The normalized spacial score (nSPS) is 11.4. The van der Waals surface area contributed by atoms with Gasteiger partial charge in [0.2, 0.25) is 11.9 Å². The fourth-order valence-corrected chi connectivity index (χ4v) is 2.01. The average Bonchev–Trinajstić information content (AvgIpc) is 2.45. The summed E-state index contributed by atoms with van der Waals surface area (Å²) in [5.41, 5.74) is 0.499. The number of aromatic hydroxyl groups is 1. The van der Waals surface area contributed by atoms with Gasteiger partial charge in [0.25, 0.3) is 5.91 Å². The lowest BCUT2D eigenvalue weighted by Crippen LogP contribution is -2.32. The summed E-state index contributed by atoms with van der Waals surface area (Å²) in [4.78, 5) is 19.3. The van der Waals surface area contributed by atoms with Crippen LogP contribution in [0.15, 0.2) is 24.3 Å². The number of halogens is 2. The van der Waals surface area contributed by atoms with Crippen molar-refractivity contribution in [3.05, 3.63) is 53.1 Å². The number of carbonyl (C=O) groups excluding carboxylic acids is 1. The summed E-state index contributed by atoms with van der Waals surface area (Å²) in [5.74, 6) is -2.60. The second-order valence-corrected chi connectivity index (χ2v) is 6.71. The van der Waals surface area contributed by atoms with Crippen molar-refractivity contribution in [3.63, 3.8) is 0 Å². The zero-order valence-electron chi connectivity index (χ0n) is 13.7. The smallest absolute Gasteiger partial charge is 0.273 e. The highest BCUT2D eigenvalue weighted by Gasteiger charge is 2.17. The molecule has 1 amide bonds. The fraction of sp³-hybridized carbons (Fsp3) is 0.353. The van der Waals surface area contributed by atoms with Crippen LogP contribution in [-0.4, -0.2) is 27.5 Å². The lowest BCUT2D eigenvalue weighted by Gasteiger charge is -2.18. The van der Waals surface area contributed by atoms with Crippen LogP contribution in [-0.2, 0) is 6.42 Å². The quantitative estimate of drug-likeness (QED) is 0.843. The second kappa shape index (κ2) is 6.90. The summed E-state index contributed by atoms with van der Waals surface area (Å²) in [6.45, 7) is 6.30. The van der Waals surface area contributed by atoms with Crippen molar-refractivity contribution < 1.29 is 18.7 Å². The Hall–Kier alpha value is -2.57. The van der Waals surface area contributed by atoms with Gasteiger partial charge in [-0.1, -0.05) is 20.8 Å². The average molecular weight is 335 g/mol. The number of nitrogens with zero attached hydrogens (tertiary/aromatic N) is 2. The van der Waals surface area contributed by atoms with Gasteiger partial charge in [-0.15, -0.1) is 0 Å². The Morgan fingerprint density at radius 2 is 1.79 bits per heavy atom. The van der Waals surface area contributed by atoms with Crippen LogP contribution < -0.4 is 5.32 Å². The van der Waals surface area contributed by atoms with Crippen molar-refractivity contribution in [1.29, 1.82) is 0 Å². The van der Waals surface area contributed by atoms with Crippen LogP contribution in [0.5, 0.6) is 5.75 Å². The van der Waals surface area contributed by atoms with Crippen molar-refractivity contribution >= 4 is 5.91 Å². The van der Waals surface area contributed by atoms with E-state index < -0.39 is 17.8 Å². The summed E-state index contributed by atoms with van der Waals surface area (Å²) in [6.07, 6.45) is 0.107. The molecule has 2 aromatic rings. The minimum absolute atomic E-state index is 0.107. The SMILES string of the molecule is CC(C)(C)CNC(=O)c1nc(Cc2cc(F)nc(F)c2)ccc1O. The van der Waals surface area contributed by atoms with Gasteiger partial charge in [0.05, 0.1) is 0 Å². The van der Waals surface area contributed by atoms with Gasteiger partial charge >= 0.3 is 0 Å². The molecule has 2 aromatic heterocycles. The van der Waals surface area contributed by atoms with Crippen LogP contribution in [0.3, 0.4) is 0 Å². The van der Waals surface area contributed by atoms with Crippen molar-refractivity contribution in [2.45, 2.75) is 27.2 Å². The third-order valence-electron chi connectivity index (χ3n) is 3.13. The molecule has 0 aliphatic heterocycles. The molecule has 5 nitrogen and oxygen atoms in total. The molecule has 2 N–H and O–H groups in total. The highest BCUT2D eigenvalue weighted by molar-refractivity contribution is 5.94. The van der Waals surface area contributed by atoms with Crippen molar-refractivity contribution in [3.8, 4) is 5.75 Å². The topological polar surface area (TPSA) is 75.1 Å². The maximum atomic E-state index is 13.1. The Labute approximate surface area is 138 Å². The molecule has 128 valence electrons. The monoisotopic (exact) mass is 335 g/mol. The maximum Gasteiger partial charge on any atom is 0.273 e. The van der Waals surface area contributed by atoms with Crippen molar-refractivity contribution in [1.82, 2.24) is 15.3 Å². The van der Waals surface area contributed by atoms with Crippen LogP contribution in [0, 0.1) is 17.3 Å². The Bertz CT molecular complexity index is 738. The summed E-state index contributed by atoms with van der Waals surface area (Å²) in [7, 11) is 0. The number of nitrogens with one attached hydrogen (secondary N) is 1. The van der Waals surface area contributed by atoms with E-state index in [-0.39, 0.29) is 23.3 Å². The van der Waals surface area contributed by atoms with Crippen molar-refractivity contribution in [2.75, 3.05) is 6.54 Å². The van der Waals surface area contributed by atoms with Crippen LogP contribution >= 0.6 is 0 Å². The van der Waals surface area contributed by atoms with E-state index in [0.717, 1.165) is 12.1 Å². The van der Waals surface area contributed by atoms with Gasteiger partial charge in [-0.05, 0) is 35.2 Å². The molecule has 2 rings (SSSR count). The van der Waals surface area contributed by atoms with E-state index in [4.69, 9.17) is 0 Å². The lowest BCUT2D eigenvalue weighted by atomic mass is 9.97. The fourth-order valence-electron chi connectivity index (χ4n) is 2.01. The first-order valence-electron chi connectivity index (χ1n) is 7.43. The number of hydrogen-bond donors (Lipinski definition) is 2. The lowest BCUT2D eigenvalue weighted by molar-refractivity contribution is 0.0931. The molecule has 2 heterocycles. The minimum atomic E-state index is -0.924. The van der Waals surface area contributed by atoms with Crippen molar-refractivity contribution in [2.24, 2.45) is 5.41 Å². The molecular weight excluding hydrogens is 316 g/mol. The summed E-state index contributed by atoms with van der Waals surface area (Å²) >= 11 is 0. The maximum absolute atomic E-state index is 13.1. The van der Waals surface area contributed by atoms with E-state index in [0.29, 0.717) is 17.8 Å². The van der Waals surface area contributed by atoms with Gasteiger partial charge in [-0.3, -0.25) is 4.79 Å². The van der Waals surface area contributed by atoms with Gasteiger partial charge in [-0.25, -0.2) is 4.98 Å². The summed E-state index contributed by atoms with van der Waals surface area (Å²) in [6, 6.07) is 5.02. The van der Waals surface area contributed by atoms with Crippen LogP contribution in [0.25, 0.3) is 0 Å². The van der Waals surface area contributed by atoms with Crippen LogP contribution in [0.1, 0.15) is 42.5 Å². The van der Waals surface area contributed by atoms with E-state index in [1.807, 2.05) is 20.8 Å². The summed E-state index contributed by atoms with van der Waals surface area (Å²) < 4.78 is 26.3. The second-order valence-electron chi connectivity index (χ2n) is 6.71. The van der Waals surface area contributed by atoms with Gasteiger partial charge in [0, 0.05) is 18.7 Å². The standard InChI is InChI=1S/C17H19F2N3O2/c1-17(2,3)9-20-16(24)15-12(23)5-4-11(21-15)6-10-7-13(18)22-14(19)8-10/h4-5,7-8,23H,6,9H2,1-3H3,(H,20,24). The van der Waals surface area contributed by atoms with E-state index in [9.17, 15) is 18.7 Å². The molecule has 0 aliphatic carbocycles. The first kappa shape index (κ1) is 17.8. The molecule has 0 bridgehead atoms. The number of rotatable bonds is 4. The van der Waals surface area contributed by atoms with Gasteiger partial charge in [0.1, 0.15) is 5.75 Å². The molecule has 0 saturated carbocycles. The molecule has 0 aromatic carbocycles. The molecule has 0 spiro atoms. The Morgan fingerprint density at radius 1 is 1.17 bits per heavy atom. The van der Waals surface area contributed by atoms with E-state index >= 15 is 0 Å². The van der Waals surface area contributed by atoms with E-state index in [2.05, 4.69) is 15.3 Å². The highest BCUT2D eigenvalue weighted by atomic mass is 19.1. The zero-order valence-corrected chi connectivity index (χ0v) is 13.7. The number of pyridine rings is 2. The third-order valence-corrected chi connectivity index (χ3v) is 3.13. The minimum Gasteiger partial charge on any atom is -0.505 e. The largest absolute Gasteiger partial charge is 0.505 e. The van der Waals surface area contributed by atoms with Gasteiger partial charge < -0.3 is 10.4 Å². The molecule has 0 atom stereocenters. The first-order valence-corrected chi connectivity index (χ1v) is 7.43. The number of carbonyl (C=O) groups is 1. The molecule has 0 fully saturated rings. The molecular formula is C17H19F2N3O2. The van der Waals surface area contributed by atoms with E-state index in [1.165, 1.54) is 12.1 Å². The Kier molecular flexibility index (Phi) is 5.11. The Balaban J connectivity index is 2.20. The molecule has 24 heavy (non-hydrogen) atoms. The predicted molar refractivity (Wildman–Crippen MR) is 84.6 cm³/mol. The highest BCUT2D eigenvalue weighted by Crippen LogP contribution is 2.18. The first-order chi connectivity index (χ1) is 11.1. The summed E-state index contributed by atoms with van der Waals surface area (Å²) in [5, 5.41) is 12.5. The zero-order chi connectivity index (χ0) is 17.9. The van der Waals surface area contributed by atoms with E-state index in [1.54, 1.807) is 0 Å². The van der Waals surface area contributed by atoms with Crippen LogP contribution in [0.2, 0.25) is 0 Å². The van der Waals surface area contributed by atoms with Gasteiger partial charge in [-0.2, -0.15) is 13.8 Å². The molecule has 0 unspecified atom stereocenters. The molecule has 0 aliphatic rings.